The molecule has 0 atom stereocenters. The lowest BCUT2D eigenvalue weighted by Crippen LogP contribution is -2.30. The Kier molecular flexibility index (Phi) is 5.99. The van der Waals surface area contributed by atoms with E-state index in [0.717, 1.165) is 18.5 Å². The van der Waals surface area contributed by atoms with Crippen molar-refractivity contribution in [3.63, 3.8) is 0 Å². The summed E-state index contributed by atoms with van der Waals surface area (Å²) in [7, 11) is 0. The Morgan fingerprint density at radius 2 is 2.17 bits per heavy atom. The maximum atomic E-state index is 13.2. The fraction of sp³-hybridized carbons (Fsp3) is 0.111. The van der Waals surface area contributed by atoms with Gasteiger partial charge in [-0.2, -0.15) is 13.2 Å². The van der Waals surface area contributed by atoms with Gasteiger partial charge in [0.15, 0.2) is 0 Å². The van der Waals surface area contributed by atoms with Crippen molar-refractivity contribution in [2.75, 3.05) is 5.32 Å². The molecule has 2 aromatic heterocycles. The molecule has 3 aromatic rings. The highest BCUT2D eigenvalue weighted by Crippen LogP contribution is 2.34. The standard InChI is InChI=1S/C18H13BrF3N5OS/c19-12-7-29-17(15(12)16(24)26-8-23)27-14(28)5-9-4-10(18(20,21)22)6-13-11(9)2-1-3-25-13/h1-4,6-8H,5H2,(H,27,28)(H3,23,24,26)/p+1. The molecule has 3 rings (SSSR count). The van der Waals surface area contributed by atoms with Gasteiger partial charge in [0.05, 0.1) is 23.1 Å². The van der Waals surface area contributed by atoms with Gasteiger partial charge in [0.2, 0.25) is 11.7 Å². The van der Waals surface area contributed by atoms with Crippen LogP contribution in [0.2, 0.25) is 0 Å². The van der Waals surface area contributed by atoms with Crippen molar-refractivity contribution in [3.05, 3.63) is 57.0 Å². The van der Waals surface area contributed by atoms with Crippen LogP contribution in [0.25, 0.3) is 10.9 Å². The smallest absolute Gasteiger partial charge is 0.362 e. The van der Waals surface area contributed by atoms with E-state index in [1.165, 1.54) is 17.5 Å². The molecule has 0 saturated carbocycles. The molecular weight excluding hydrogens is 471 g/mol. The summed E-state index contributed by atoms with van der Waals surface area (Å²) in [5, 5.41) is 10.5. The summed E-state index contributed by atoms with van der Waals surface area (Å²) in [6, 6.07) is 5.16. The van der Waals surface area contributed by atoms with E-state index in [4.69, 9.17) is 11.1 Å². The Morgan fingerprint density at radius 3 is 2.86 bits per heavy atom. The lowest BCUT2D eigenvalue weighted by Gasteiger charge is -2.12. The molecule has 5 N–H and O–H groups in total. The van der Waals surface area contributed by atoms with Crippen LogP contribution in [-0.2, 0) is 17.4 Å². The minimum absolute atomic E-state index is 0.0876. The van der Waals surface area contributed by atoms with Crippen molar-refractivity contribution < 1.29 is 23.4 Å². The summed E-state index contributed by atoms with van der Waals surface area (Å²) in [4.78, 5) is 20.4. The van der Waals surface area contributed by atoms with Gasteiger partial charge in [-0.3, -0.25) is 15.2 Å². The summed E-state index contributed by atoms with van der Waals surface area (Å²) >= 11 is 4.51. The normalized spacial score (nSPS) is 12.2. The second-order valence-corrected chi connectivity index (χ2v) is 7.61. The monoisotopic (exact) mass is 484 g/mol. The number of hydrogen-bond acceptors (Lipinski definition) is 3. The first-order valence-electron chi connectivity index (χ1n) is 8.09. The Balaban J connectivity index is 1.94. The lowest BCUT2D eigenvalue weighted by atomic mass is 10.0. The number of aliphatic imine (C=N–C) groups is 1. The number of alkyl halides is 3. The second-order valence-electron chi connectivity index (χ2n) is 5.88. The van der Waals surface area contributed by atoms with Gasteiger partial charge in [0.1, 0.15) is 5.00 Å². The van der Waals surface area contributed by atoms with Crippen LogP contribution >= 0.6 is 27.3 Å². The van der Waals surface area contributed by atoms with Crippen molar-refractivity contribution in [1.29, 1.82) is 0 Å². The van der Waals surface area contributed by atoms with Gasteiger partial charge in [0, 0.05) is 21.4 Å². The molecule has 6 nitrogen and oxygen atoms in total. The molecule has 11 heteroatoms. The van der Waals surface area contributed by atoms with Gasteiger partial charge in [-0.05, 0) is 44.7 Å². The quantitative estimate of drug-likeness (QED) is 0.382. The van der Waals surface area contributed by atoms with E-state index in [0.29, 0.717) is 20.4 Å². The van der Waals surface area contributed by atoms with Crippen LogP contribution in [0.4, 0.5) is 18.2 Å². The van der Waals surface area contributed by atoms with E-state index < -0.39 is 17.6 Å². The van der Waals surface area contributed by atoms with E-state index in [-0.39, 0.29) is 23.3 Å². The topological polar surface area (TPSA) is 106 Å². The summed E-state index contributed by atoms with van der Waals surface area (Å²) in [5.41, 5.74) is 5.82. The van der Waals surface area contributed by atoms with Gasteiger partial charge in [-0.1, -0.05) is 6.07 Å². The molecule has 1 aromatic carbocycles. The number of nitrogens with two attached hydrogens (primary N) is 2. The van der Waals surface area contributed by atoms with Gasteiger partial charge in [0.25, 0.3) is 6.34 Å². The van der Waals surface area contributed by atoms with E-state index in [1.54, 1.807) is 17.5 Å². The van der Waals surface area contributed by atoms with Crippen LogP contribution < -0.4 is 16.5 Å². The fourth-order valence-electron chi connectivity index (χ4n) is 2.72. The fourth-order valence-corrected chi connectivity index (χ4v) is 4.38. The average molecular weight is 485 g/mol. The molecule has 0 unspecified atom stereocenters. The highest BCUT2D eigenvalue weighted by molar-refractivity contribution is 9.10. The lowest BCUT2D eigenvalue weighted by molar-refractivity contribution is -0.137. The van der Waals surface area contributed by atoms with Crippen molar-refractivity contribution in [2.45, 2.75) is 12.6 Å². The van der Waals surface area contributed by atoms with Crippen LogP contribution in [0.15, 0.2) is 45.3 Å². The van der Waals surface area contributed by atoms with Crippen LogP contribution in [-0.4, -0.2) is 23.1 Å². The average Bonchev–Trinajstić information content (AvgIpc) is 3.01. The van der Waals surface area contributed by atoms with E-state index in [2.05, 4.69) is 31.2 Å². The third kappa shape index (κ3) is 4.62. The number of benzene rings is 1. The molecule has 0 fully saturated rings. The van der Waals surface area contributed by atoms with Gasteiger partial charge in [-0.25, -0.2) is 0 Å². The number of nitrogens with one attached hydrogen (secondary N) is 1. The number of pyridine rings is 1. The highest BCUT2D eigenvalue weighted by Gasteiger charge is 2.31. The molecule has 0 aliphatic carbocycles. The number of hydrogen-bond donors (Lipinski definition) is 3. The number of halogens is 4. The Hall–Kier alpha value is -2.79. The summed E-state index contributed by atoms with van der Waals surface area (Å²) in [5.74, 6) is -0.417. The number of aromatic nitrogens is 1. The first-order chi connectivity index (χ1) is 13.7. The zero-order chi connectivity index (χ0) is 21.2. The predicted molar refractivity (Wildman–Crippen MR) is 110 cm³/mol. The Labute approximate surface area is 175 Å². The van der Waals surface area contributed by atoms with Gasteiger partial charge >= 0.3 is 6.18 Å². The molecule has 0 bridgehead atoms. The van der Waals surface area contributed by atoms with Crippen molar-refractivity contribution in [2.24, 2.45) is 10.7 Å². The molecule has 0 aliphatic rings. The second kappa shape index (κ2) is 8.29. The Bertz CT molecular complexity index is 1130. The van der Waals surface area contributed by atoms with Crippen LogP contribution in [0.1, 0.15) is 16.7 Å². The molecule has 0 aliphatic heterocycles. The number of rotatable bonds is 5. The first-order valence-corrected chi connectivity index (χ1v) is 9.76. The number of amidine groups is 1. The van der Waals surface area contributed by atoms with Crippen LogP contribution in [0.3, 0.4) is 0 Å². The van der Waals surface area contributed by atoms with Crippen molar-refractivity contribution in [1.82, 2.24) is 4.98 Å². The number of carbonyl (C=O) groups is 1. The van der Waals surface area contributed by atoms with Gasteiger partial charge in [-0.15, -0.1) is 11.3 Å². The molecule has 1 amide bonds. The van der Waals surface area contributed by atoms with E-state index in [1.807, 2.05) is 0 Å². The number of amides is 1. The molecule has 150 valence electrons. The number of carbonyl (C=O) groups excluding carboxylic acids is 1. The molecule has 29 heavy (non-hydrogen) atoms. The zero-order valence-electron chi connectivity index (χ0n) is 14.6. The molecular formula is C18H14BrF3N5OS+. The molecule has 0 saturated heterocycles. The largest absolute Gasteiger partial charge is 0.416 e. The predicted octanol–water partition coefficient (Wildman–Crippen LogP) is 2.75. The maximum Gasteiger partial charge on any atom is 0.416 e. The Morgan fingerprint density at radius 1 is 1.41 bits per heavy atom. The number of fused-ring (bicyclic) bond motifs is 1. The third-order valence-corrected chi connectivity index (χ3v) is 5.78. The number of anilines is 1. The summed E-state index contributed by atoms with van der Waals surface area (Å²) < 4.78 is 40.3. The minimum atomic E-state index is -4.55. The first kappa shape index (κ1) is 20.9. The summed E-state index contributed by atoms with van der Waals surface area (Å²) in [6.45, 7) is 0. The third-order valence-electron chi connectivity index (χ3n) is 3.95. The number of thiophene rings is 1. The summed E-state index contributed by atoms with van der Waals surface area (Å²) in [6.07, 6.45) is -2.40. The highest BCUT2D eigenvalue weighted by atomic mass is 79.9. The van der Waals surface area contributed by atoms with Crippen molar-refractivity contribution in [3.8, 4) is 0 Å². The van der Waals surface area contributed by atoms with Crippen molar-refractivity contribution >= 4 is 61.3 Å². The van der Waals surface area contributed by atoms with Gasteiger partial charge < -0.3 is 11.1 Å². The molecule has 0 spiro atoms. The molecule has 0 radical (unpaired) electrons. The van der Waals surface area contributed by atoms with Crippen LogP contribution in [0.5, 0.6) is 0 Å². The van der Waals surface area contributed by atoms with Crippen LogP contribution in [0, 0.1) is 0 Å². The molecule has 2 heterocycles. The maximum absolute atomic E-state index is 13.2. The number of nitrogens with zero attached hydrogens (tertiary/aromatic N) is 2. The zero-order valence-corrected chi connectivity index (χ0v) is 17.0. The minimum Gasteiger partial charge on any atom is -0.362 e. The van der Waals surface area contributed by atoms with E-state index >= 15 is 0 Å². The SMILES string of the molecule is NC(=NC=[NH2+])c1c(Br)csc1NC(=O)Cc1cc(C(F)(F)F)cc2ncccc12. The van der Waals surface area contributed by atoms with E-state index in [9.17, 15) is 18.0 Å².